The maximum absolute atomic E-state index is 12.7. The number of hydrogen-bond acceptors (Lipinski definition) is 4. The van der Waals surface area contributed by atoms with Gasteiger partial charge in [0.1, 0.15) is 5.75 Å². The number of rotatable bonds is 3. The average Bonchev–Trinajstić information content (AvgIpc) is 3.33. The van der Waals surface area contributed by atoms with Gasteiger partial charge in [-0.25, -0.2) is 0 Å². The van der Waals surface area contributed by atoms with Gasteiger partial charge >= 0.3 is 15.6 Å². The Labute approximate surface area is 184 Å². The molecule has 166 valence electrons. The summed E-state index contributed by atoms with van der Waals surface area (Å²) in [7, 11) is -5.65. The first kappa shape index (κ1) is 21.1. The molecule has 2 aromatic rings. The van der Waals surface area contributed by atoms with Crippen LogP contribution in [-0.4, -0.2) is 13.9 Å². The third kappa shape index (κ3) is 3.33. The fourth-order valence-electron chi connectivity index (χ4n) is 6.22. The fraction of sp³-hybridized carbons (Fsp3) is 0.478. The minimum atomic E-state index is -5.65. The monoisotopic (exact) mass is 468 g/mol. The van der Waals surface area contributed by atoms with Crippen LogP contribution in [0.15, 0.2) is 41.1 Å². The lowest BCUT2D eigenvalue weighted by atomic mass is 9.54. The zero-order chi connectivity index (χ0) is 22.0. The van der Waals surface area contributed by atoms with E-state index in [1.54, 1.807) is 17.4 Å². The summed E-state index contributed by atoms with van der Waals surface area (Å²) in [6.07, 6.45) is 7.24. The number of allylic oxidation sites excluding steroid dienone is 2. The van der Waals surface area contributed by atoms with Crippen LogP contribution in [0.3, 0.4) is 0 Å². The fourth-order valence-corrected chi connectivity index (χ4v) is 7.32. The van der Waals surface area contributed by atoms with Crippen LogP contribution in [-0.2, 0) is 16.5 Å². The molecular formula is C23H23F3O3S2. The molecule has 1 fully saturated rings. The SMILES string of the molecule is C[C@]12CC[C@@H]3c4ccc(OS(=O)(=O)C(F)(F)F)cc4CC[C@H]3[C@@H]1CC=C2c1ccsc1. The molecule has 0 saturated heterocycles. The standard InChI is InChI=1S/C23H23F3O3S2/c1-22-10-8-18-17-5-3-16(29-31(27,28)23(24,25)26)12-14(17)2-4-19(18)21(22)7-6-20(22)15-9-11-30-13-15/h3,5-6,9,11-13,18-19,21H,2,4,7-8,10H2,1H3/t18-,19-,21+,22-/m1/s1. The van der Waals surface area contributed by atoms with Gasteiger partial charge < -0.3 is 4.18 Å². The Kier molecular flexibility index (Phi) is 4.83. The lowest BCUT2D eigenvalue weighted by molar-refractivity contribution is -0.0500. The van der Waals surface area contributed by atoms with Crippen molar-refractivity contribution in [3.05, 3.63) is 57.8 Å². The van der Waals surface area contributed by atoms with Crippen LogP contribution in [0.25, 0.3) is 5.57 Å². The molecule has 0 spiro atoms. The van der Waals surface area contributed by atoms with Gasteiger partial charge in [-0.1, -0.05) is 19.1 Å². The van der Waals surface area contributed by atoms with Gasteiger partial charge in [0, 0.05) is 0 Å². The molecule has 3 aliphatic rings. The Morgan fingerprint density at radius 1 is 1.19 bits per heavy atom. The zero-order valence-electron chi connectivity index (χ0n) is 17.0. The van der Waals surface area contributed by atoms with Crippen molar-refractivity contribution in [2.24, 2.45) is 17.3 Å². The molecule has 0 unspecified atom stereocenters. The minimum absolute atomic E-state index is 0.156. The van der Waals surface area contributed by atoms with Crippen LogP contribution in [0.2, 0.25) is 0 Å². The summed E-state index contributed by atoms with van der Waals surface area (Å²) < 4.78 is 65.0. The molecule has 3 aliphatic carbocycles. The van der Waals surface area contributed by atoms with Crippen LogP contribution in [0, 0.1) is 17.3 Å². The molecule has 0 N–H and O–H groups in total. The summed E-state index contributed by atoms with van der Waals surface area (Å²) in [6, 6.07) is 6.81. The second-order valence-corrected chi connectivity index (χ2v) is 11.4. The van der Waals surface area contributed by atoms with Gasteiger partial charge in [0.05, 0.1) is 0 Å². The van der Waals surface area contributed by atoms with E-state index in [1.807, 2.05) is 0 Å². The van der Waals surface area contributed by atoms with Gasteiger partial charge in [0.15, 0.2) is 0 Å². The quantitative estimate of drug-likeness (QED) is 0.380. The van der Waals surface area contributed by atoms with Crippen molar-refractivity contribution in [2.75, 3.05) is 0 Å². The van der Waals surface area contributed by atoms with Crippen molar-refractivity contribution in [3.8, 4) is 5.75 Å². The third-order valence-corrected chi connectivity index (χ3v) is 9.26. The highest BCUT2D eigenvalue weighted by Crippen LogP contribution is 2.63. The number of halogens is 3. The highest BCUT2D eigenvalue weighted by Gasteiger charge is 2.52. The van der Waals surface area contributed by atoms with E-state index < -0.39 is 15.6 Å². The molecule has 0 aliphatic heterocycles. The molecule has 4 atom stereocenters. The van der Waals surface area contributed by atoms with E-state index in [-0.39, 0.29) is 11.2 Å². The van der Waals surface area contributed by atoms with E-state index in [0.29, 0.717) is 17.8 Å². The smallest absolute Gasteiger partial charge is 0.376 e. The molecule has 31 heavy (non-hydrogen) atoms. The van der Waals surface area contributed by atoms with Crippen LogP contribution >= 0.6 is 11.3 Å². The Morgan fingerprint density at radius 2 is 2.00 bits per heavy atom. The number of alkyl halides is 3. The Hall–Kier alpha value is -1.80. The highest BCUT2D eigenvalue weighted by atomic mass is 32.2. The van der Waals surface area contributed by atoms with Crippen LogP contribution in [0.5, 0.6) is 5.75 Å². The van der Waals surface area contributed by atoms with E-state index in [0.717, 1.165) is 43.2 Å². The van der Waals surface area contributed by atoms with E-state index in [1.165, 1.54) is 23.3 Å². The van der Waals surface area contributed by atoms with Gasteiger partial charge in [-0.05, 0) is 106 Å². The second-order valence-electron chi connectivity index (χ2n) is 9.08. The molecule has 8 heteroatoms. The molecule has 5 rings (SSSR count). The Bertz CT molecular complexity index is 1140. The summed E-state index contributed by atoms with van der Waals surface area (Å²) >= 11 is 1.72. The summed E-state index contributed by atoms with van der Waals surface area (Å²) in [6.45, 7) is 2.39. The molecule has 1 saturated carbocycles. The first-order valence-corrected chi connectivity index (χ1v) is 12.8. The van der Waals surface area contributed by atoms with E-state index in [2.05, 4.69) is 34.0 Å². The van der Waals surface area contributed by atoms with Gasteiger partial charge in [-0.15, -0.1) is 0 Å². The molecule has 0 amide bonds. The first-order valence-electron chi connectivity index (χ1n) is 10.5. The summed E-state index contributed by atoms with van der Waals surface area (Å²) in [4.78, 5) is 0. The number of hydrogen-bond donors (Lipinski definition) is 0. The van der Waals surface area contributed by atoms with E-state index in [9.17, 15) is 21.6 Å². The van der Waals surface area contributed by atoms with Gasteiger partial charge in [-0.2, -0.15) is 32.9 Å². The minimum Gasteiger partial charge on any atom is -0.376 e. The summed E-state index contributed by atoms with van der Waals surface area (Å²) in [5.41, 5.74) is -0.440. The zero-order valence-corrected chi connectivity index (χ0v) is 18.6. The number of benzene rings is 1. The summed E-state index contributed by atoms with van der Waals surface area (Å²) in [5, 5.41) is 4.34. The lowest BCUT2D eigenvalue weighted by Crippen LogP contribution is -2.40. The molecule has 1 heterocycles. The predicted molar refractivity (Wildman–Crippen MR) is 114 cm³/mol. The van der Waals surface area contributed by atoms with Crippen molar-refractivity contribution >= 4 is 27.0 Å². The molecule has 0 bridgehead atoms. The van der Waals surface area contributed by atoms with E-state index in [4.69, 9.17) is 0 Å². The number of thiophene rings is 1. The molecule has 3 nitrogen and oxygen atoms in total. The predicted octanol–water partition coefficient (Wildman–Crippen LogP) is 6.53. The number of aryl methyl sites for hydroxylation is 1. The van der Waals surface area contributed by atoms with Crippen LogP contribution < -0.4 is 4.18 Å². The van der Waals surface area contributed by atoms with Crippen LogP contribution in [0.4, 0.5) is 13.2 Å². The molecule has 0 radical (unpaired) electrons. The number of fused-ring (bicyclic) bond motifs is 5. The van der Waals surface area contributed by atoms with Crippen molar-refractivity contribution in [1.82, 2.24) is 0 Å². The molecule has 1 aromatic carbocycles. The normalized spacial score (nSPS) is 30.2. The van der Waals surface area contributed by atoms with Crippen LogP contribution in [0.1, 0.15) is 55.2 Å². The van der Waals surface area contributed by atoms with Gasteiger partial charge in [0.2, 0.25) is 0 Å². The molecular weight excluding hydrogens is 445 g/mol. The highest BCUT2D eigenvalue weighted by molar-refractivity contribution is 7.88. The third-order valence-electron chi connectivity index (χ3n) is 7.60. The maximum atomic E-state index is 12.7. The largest absolute Gasteiger partial charge is 0.534 e. The van der Waals surface area contributed by atoms with Gasteiger partial charge in [-0.3, -0.25) is 0 Å². The Morgan fingerprint density at radius 3 is 2.71 bits per heavy atom. The topological polar surface area (TPSA) is 43.4 Å². The van der Waals surface area contributed by atoms with E-state index >= 15 is 0 Å². The summed E-state index contributed by atoms with van der Waals surface area (Å²) in [5.74, 6) is 1.16. The second kappa shape index (κ2) is 7.10. The lowest BCUT2D eigenvalue weighted by Gasteiger charge is -2.50. The van der Waals surface area contributed by atoms with Crippen molar-refractivity contribution in [1.29, 1.82) is 0 Å². The van der Waals surface area contributed by atoms with Crippen molar-refractivity contribution < 1.29 is 25.8 Å². The maximum Gasteiger partial charge on any atom is 0.534 e. The van der Waals surface area contributed by atoms with Crippen molar-refractivity contribution in [2.45, 2.75) is 50.5 Å². The first-order chi connectivity index (χ1) is 14.6. The van der Waals surface area contributed by atoms with Gasteiger partial charge in [0.25, 0.3) is 0 Å². The molecule has 1 aromatic heterocycles. The average molecular weight is 469 g/mol. The van der Waals surface area contributed by atoms with Crippen molar-refractivity contribution in [3.63, 3.8) is 0 Å². The Balaban J connectivity index is 1.40.